The fourth-order valence-corrected chi connectivity index (χ4v) is 2.56. The number of rotatable bonds is 5. The highest BCUT2D eigenvalue weighted by Crippen LogP contribution is 2.36. The van der Waals surface area contributed by atoms with Gasteiger partial charge in [0.2, 0.25) is 5.91 Å². The summed E-state index contributed by atoms with van der Waals surface area (Å²) in [7, 11) is 0. The van der Waals surface area contributed by atoms with Crippen molar-refractivity contribution in [3.63, 3.8) is 0 Å². The molecule has 2 saturated carbocycles. The summed E-state index contributed by atoms with van der Waals surface area (Å²) in [5.74, 6) is 0.932. The van der Waals surface area contributed by atoms with Gasteiger partial charge in [-0.15, -0.1) is 0 Å². The molecule has 92 valence electrons. The summed E-state index contributed by atoms with van der Waals surface area (Å²) in [4.78, 5) is 11.6. The number of carbonyl (C=O) groups is 1. The highest BCUT2D eigenvalue weighted by Gasteiger charge is 2.34. The maximum absolute atomic E-state index is 11.6. The zero-order valence-corrected chi connectivity index (χ0v) is 10.5. The fraction of sp³-hybridized carbons (Fsp3) is 0.923. The third kappa shape index (κ3) is 3.21. The summed E-state index contributed by atoms with van der Waals surface area (Å²) < 4.78 is 0. The molecular formula is C13H24N2O. The van der Waals surface area contributed by atoms with Gasteiger partial charge in [-0.3, -0.25) is 4.79 Å². The van der Waals surface area contributed by atoms with Crippen molar-refractivity contribution >= 4 is 5.91 Å². The van der Waals surface area contributed by atoms with Crippen LogP contribution in [0.2, 0.25) is 0 Å². The lowest BCUT2D eigenvalue weighted by molar-refractivity contribution is -0.120. The van der Waals surface area contributed by atoms with E-state index in [0.717, 1.165) is 12.5 Å². The first kappa shape index (κ1) is 11.9. The van der Waals surface area contributed by atoms with Crippen molar-refractivity contribution in [1.29, 1.82) is 0 Å². The summed E-state index contributed by atoms with van der Waals surface area (Å²) in [6.07, 6.45) is 6.36. The number of amides is 1. The topological polar surface area (TPSA) is 41.1 Å². The predicted molar refractivity (Wildman–Crippen MR) is 65.2 cm³/mol. The van der Waals surface area contributed by atoms with Crippen LogP contribution >= 0.6 is 0 Å². The van der Waals surface area contributed by atoms with Gasteiger partial charge >= 0.3 is 0 Å². The lowest BCUT2D eigenvalue weighted by Gasteiger charge is -2.27. The van der Waals surface area contributed by atoms with Crippen LogP contribution in [0.3, 0.4) is 0 Å². The van der Waals surface area contributed by atoms with Crippen LogP contribution in [-0.4, -0.2) is 25.0 Å². The number of hydrogen-bond acceptors (Lipinski definition) is 2. The molecular weight excluding hydrogens is 200 g/mol. The molecule has 1 amide bonds. The first-order chi connectivity index (χ1) is 7.58. The summed E-state index contributed by atoms with van der Waals surface area (Å²) in [6, 6.07) is 0.513. The smallest absolute Gasteiger partial charge is 0.233 e. The summed E-state index contributed by atoms with van der Waals surface area (Å²) in [6.45, 7) is 5.95. The molecule has 16 heavy (non-hydrogen) atoms. The minimum atomic E-state index is 0.162. The molecule has 2 fully saturated rings. The Morgan fingerprint density at radius 3 is 2.62 bits per heavy atom. The maximum atomic E-state index is 11.6. The molecule has 0 saturated heterocycles. The van der Waals surface area contributed by atoms with Crippen molar-refractivity contribution < 1.29 is 4.79 Å². The van der Waals surface area contributed by atoms with E-state index in [-0.39, 0.29) is 5.91 Å². The Labute approximate surface area is 98.4 Å². The monoisotopic (exact) mass is 224 g/mol. The minimum Gasteiger partial charge on any atom is -0.355 e. The second kappa shape index (κ2) is 4.74. The summed E-state index contributed by atoms with van der Waals surface area (Å²) in [5.41, 5.74) is 0.358. The molecule has 0 heterocycles. The zero-order valence-electron chi connectivity index (χ0n) is 10.5. The van der Waals surface area contributed by atoms with E-state index < -0.39 is 0 Å². The molecule has 2 aliphatic carbocycles. The Bertz CT molecular complexity index is 259. The van der Waals surface area contributed by atoms with Gasteiger partial charge in [-0.2, -0.15) is 0 Å². The van der Waals surface area contributed by atoms with Crippen LogP contribution in [0, 0.1) is 11.3 Å². The SMILES string of the molecule is CC1(C)CCCC1NCC(=O)NCC1CC1. The zero-order chi connectivity index (χ0) is 11.6. The fourth-order valence-electron chi connectivity index (χ4n) is 2.56. The molecule has 0 aliphatic heterocycles. The number of nitrogens with one attached hydrogen (secondary N) is 2. The average molecular weight is 224 g/mol. The highest BCUT2D eigenvalue weighted by atomic mass is 16.1. The van der Waals surface area contributed by atoms with E-state index in [4.69, 9.17) is 0 Å². The third-order valence-corrected chi connectivity index (χ3v) is 4.05. The van der Waals surface area contributed by atoms with Gasteiger partial charge in [-0.1, -0.05) is 20.3 Å². The lowest BCUT2D eigenvalue weighted by atomic mass is 9.87. The Hall–Kier alpha value is -0.570. The quantitative estimate of drug-likeness (QED) is 0.746. The molecule has 0 spiro atoms. The van der Waals surface area contributed by atoms with E-state index in [2.05, 4.69) is 24.5 Å². The highest BCUT2D eigenvalue weighted by molar-refractivity contribution is 5.78. The third-order valence-electron chi connectivity index (χ3n) is 4.05. The van der Waals surface area contributed by atoms with Crippen molar-refractivity contribution in [3.05, 3.63) is 0 Å². The van der Waals surface area contributed by atoms with Crippen molar-refractivity contribution in [2.45, 2.75) is 52.0 Å². The largest absolute Gasteiger partial charge is 0.355 e. The first-order valence-electron chi connectivity index (χ1n) is 6.58. The van der Waals surface area contributed by atoms with Gasteiger partial charge in [-0.05, 0) is 37.0 Å². The van der Waals surface area contributed by atoms with Crippen LogP contribution in [-0.2, 0) is 4.79 Å². The van der Waals surface area contributed by atoms with Gasteiger partial charge in [0.25, 0.3) is 0 Å². The molecule has 0 aromatic rings. The van der Waals surface area contributed by atoms with E-state index in [1.165, 1.54) is 32.1 Å². The van der Waals surface area contributed by atoms with Crippen LogP contribution in [0.5, 0.6) is 0 Å². The standard InChI is InChI=1S/C13H24N2O/c1-13(2)7-3-4-11(13)14-9-12(16)15-8-10-5-6-10/h10-11,14H,3-9H2,1-2H3,(H,15,16). The Morgan fingerprint density at radius 2 is 2.06 bits per heavy atom. The van der Waals surface area contributed by atoms with E-state index in [1.807, 2.05) is 0 Å². The second-order valence-corrected chi connectivity index (χ2v) is 6.06. The van der Waals surface area contributed by atoms with Gasteiger partial charge in [0.15, 0.2) is 0 Å². The molecule has 0 bridgehead atoms. The molecule has 3 nitrogen and oxygen atoms in total. The Kier molecular flexibility index (Phi) is 3.53. The second-order valence-electron chi connectivity index (χ2n) is 6.06. The van der Waals surface area contributed by atoms with E-state index in [0.29, 0.717) is 18.0 Å². The summed E-state index contributed by atoms with van der Waals surface area (Å²) >= 11 is 0. The van der Waals surface area contributed by atoms with Crippen molar-refractivity contribution in [2.75, 3.05) is 13.1 Å². The van der Waals surface area contributed by atoms with Gasteiger partial charge < -0.3 is 10.6 Å². The van der Waals surface area contributed by atoms with E-state index in [1.54, 1.807) is 0 Å². The van der Waals surface area contributed by atoms with Gasteiger partial charge in [0.1, 0.15) is 0 Å². The van der Waals surface area contributed by atoms with Crippen LogP contribution in [0.4, 0.5) is 0 Å². The molecule has 3 heteroatoms. The summed E-state index contributed by atoms with van der Waals surface area (Å²) in [5, 5.41) is 6.40. The van der Waals surface area contributed by atoms with Crippen LogP contribution in [0.1, 0.15) is 46.0 Å². The molecule has 1 unspecified atom stereocenters. The molecule has 2 N–H and O–H groups in total. The van der Waals surface area contributed by atoms with Crippen LogP contribution < -0.4 is 10.6 Å². The van der Waals surface area contributed by atoms with Crippen LogP contribution in [0.25, 0.3) is 0 Å². The Balaban J connectivity index is 1.63. The molecule has 0 aromatic heterocycles. The lowest BCUT2D eigenvalue weighted by Crippen LogP contribution is -2.43. The molecule has 1 atom stereocenters. The van der Waals surface area contributed by atoms with Gasteiger partial charge in [0, 0.05) is 12.6 Å². The molecule has 0 aromatic carbocycles. The van der Waals surface area contributed by atoms with Crippen molar-refractivity contribution in [2.24, 2.45) is 11.3 Å². The molecule has 2 rings (SSSR count). The van der Waals surface area contributed by atoms with Gasteiger partial charge in [-0.25, -0.2) is 0 Å². The van der Waals surface area contributed by atoms with Crippen LogP contribution in [0.15, 0.2) is 0 Å². The molecule has 0 radical (unpaired) electrons. The van der Waals surface area contributed by atoms with E-state index >= 15 is 0 Å². The average Bonchev–Trinajstić information content (AvgIpc) is 2.98. The Morgan fingerprint density at radius 1 is 1.31 bits per heavy atom. The first-order valence-corrected chi connectivity index (χ1v) is 6.58. The maximum Gasteiger partial charge on any atom is 0.233 e. The number of carbonyl (C=O) groups excluding carboxylic acids is 1. The van der Waals surface area contributed by atoms with Crippen molar-refractivity contribution in [1.82, 2.24) is 10.6 Å². The van der Waals surface area contributed by atoms with Crippen molar-refractivity contribution in [3.8, 4) is 0 Å². The predicted octanol–water partition coefficient (Wildman–Crippen LogP) is 1.68. The van der Waals surface area contributed by atoms with E-state index in [9.17, 15) is 4.79 Å². The van der Waals surface area contributed by atoms with Gasteiger partial charge in [0.05, 0.1) is 6.54 Å². The number of hydrogen-bond donors (Lipinski definition) is 2. The normalized spacial score (nSPS) is 28.0. The molecule has 2 aliphatic rings. The minimum absolute atomic E-state index is 0.162.